The lowest BCUT2D eigenvalue weighted by molar-refractivity contribution is -0.135. The number of nitrogens with one attached hydrogen (secondary N) is 1. The van der Waals surface area contributed by atoms with Crippen molar-refractivity contribution in [2.45, 2.75) is 19.9 Å². The summed E-state index contributed by atoms with van der Waals surface area (Å²) in [6.45, 7) is 6.79. The predicted molar refractivity (Wildman–Crippen MR) is 68.8 cm³/mol. The molecule has 1 heterocycles. The van der Waals surface area contributed by atoms with Gasteiger partial charge in [0, 0.05) is 37.3 Å². The Morgan fingerprint density at radius 1 is 1.67 bits per heavy atom. The summed E-state index contributed by atoms with van der Waals surface area (Å²) < 4.78 is 0. The van der Waals surface area contributed by atoms with E-state index >= 15 is 0 Å². The van der Waals surface area contributed by atoms with Crippen LogP contribution in [0.4, 0.5) is 0 Å². The monoisotopic (exact) mass is 252 g/mol. The van der Waals surface area contributed by atoms with Crippen LogP contribution in [0.3, 0.4) is 0 Å². The summed E-state index contributed by atoms with van der Waals surface area (Å²) in [6, 6.07) is 0.439. The van der Waals surface area contributed by atoms with E-state index in [9.17, 15) is 4.79 Å². The molecule has 1 rings (SSSR count). The fourth-order valence-electron chi connectivity index (χ4n) is 1.77. The van der Waals surface area contributed by atoms with Crippen molar-refractivity contribution in [1.29, 1.82) is 0 Å². The Labute approximate surface area is 103 Å². The van der Waals surface area contributed by atoms with Crippen LogP contribution in [-0.4, -0.2) is 48.5 Å². The summed E-state index contributed by atoms with van der Waals surface area (Å²) in [5, 5.41) is 3.34. The summed E-state index contributed by atoms with van der Waals surface area (Å²) in [4.78, 5) is 13.9. The number of amides is 1. The van der Waals surface area contributed by atoms with Crippen LogP contribution in [0, 0.1) is 5.92 Å². The number of hydrogen-bond donors (Lipinski definition) is 1. The smallest absolute Gasteiger partial charge is 0.226 e. The van der Waals surface area contributed by atoms with Crippen LogP contribution in [0.2, 0.25) is 0 Å². The van der Waals surface area contributed by atoms with Crippen LogP contribution >= 0.6 is 24.2 Å². The molecule has 1 saturated heterocycles. The van der Waals surface area contributed by atoms with Crippen molar-refractivity contribution < 1.29 is 4.79 Å². The highest BCUT2D eigenvalue weighted by molar-refractivity contribution is 7.98. The van der Waals surface area contributed by atoms with Crippen molar-refractivity contribution >= 4 is 30.1 Å². The molecule has 0 aliphatic carbocycles. The molecule has 0 bridgehead atoms. The van der Waals surface area contributed by atoms with Crippen LogP contribution in [0.25, 0.3) is 0 Å². The van der Waals surface area contributed by atoms with Gasteiger partial charge in [0.2, 0.25) is 5.91 Å². The first kappa shape index (κ1) is 15.1. The average Bonchev–Trinajstić information content (AvgIpc) is 2.17. The van der Waals surface area contributed by atoms with E-state index in [1.807, 2.05) is 18.1 Å². The maximum Gasteiger partial charge on any atom is 0.226 e. The molecule has 1 unspecified atom stereocenters. The van der Waals surface area contributed by atoms with Gasteiger partial charge in [0.15, 0.2) is 0 Å². The normalized spacial score (nSPS) is 23.1. The van der Waals surface area contributed by atoms with E-state index in [4.69, 9.17) is 0 Å². The molecule has 0 aromatic carbocycles. The first-order chi connectivity index (χ1) is 6.65. The van der Waals surface area contributed by atoms with E-state index in [-0.39, 0.29) is 18.3 Å². The largest absolute Gasteiger partial charge is 0.340 e. The van der Waals surface area contributed by atoms with Gasteiger partial charge in [0.25, 0.3) is 0 Å². The molecule has 0 aromatic rings. The minimum atomic E-state index is 0. The number of hydrogen-bond acceptors (Lipinski definition) is 3. The van der Waals surface area contributed by atoms with Gasteiger partial charge in [-0.05, 0) is 13.2 Å². The van der Waals surface area contributed by atoms with Gasteiger partial charge in [-0.2, -0.15) is 11.8 Å². The van der Waals surface area contributed by atoms with Crippen LogP contribution in [-0.2, 0) is 4.79 Å². The summed E-state index contributed by atoms with van der Waals surface area (Å²) in [6.07, 6.45) is 2.05. The zero-order chi connectivity index (χ0) is 10.6. The van der Waals surface area contributed by atoms with E-state index in [2.05, 4.69) is 12.2 Å². The van der Waals surface area contributed by atoms with Crippen molar-refractivity contribution in [2.24, 2.45) is 5.92 Å². The van der Waals surface area contributed by atoms with Crippen molar-refractivity contribution in [3.8, 4) is 0 Å². The van der Waals surface area contributed by atoms with Crippen molar-refractivity contribution in [3.05, 3.63) is 0 Å². The van der Waals surface area contributed by atoms with Gasteiger partial charge < -0.3 is 10.2 Å². The maximum atomic E-state index is 11.9. The molecule has 5 heteroatoms. The van der Waals surface area contributed by atoms with Crippen molar-refractivity contribution in [1.82, 2.24) is 10.2 Å². The summed E-state index contributed by atoms with van der Waals surface area (Å²) in [5.41, 5.74) is 0. The highest BCUT2D eigenvalue weighted by atomic mass is 35.5. The van der Waals surface area contributed by atoms with Crippen LogP contribution < -0.4 is 5.32 Å². The second kappa shape index (κ2) is 7.36. The molecule has 3 nitrogen and oxygen atoms in total. The Hall–Kier alpha value is 0.0700. The zero-order valence-corrected chi connectivity index (χ0v) is 11.3. The Morgan fingerprint density at radius 3 is 2.87 bits per heavy atom. The average molecular weight is 253 g/mol. The van der Waals surface area contributed by atoms with Gasteiger partial charge in [-0.1, -0.05) is 6.92 Å². The van der Waals surface area contributed by atoms with Gasteiger partial charge in [-0.15, -0.1) is 12.4 Å². The second-order valence-corrected chi connectivity index (χ2v) is 4.91. The molecule has 0 spiro atoms. The third-order valence-electron chi connectivity index (χ3n) is 2.52. The summed E-state index contributed by atoms with van der Waals surface area (Å²) >= 11 is 1.74. The highest BCUT2D eigenvalue weighted by Crippen LogP contribution is 2.10. The number of carbonyl (C=O) groups is 1. The fraction of sp³-hybridized carbons (Fsp3) is 0.900. The fourth-order valence-corrected chi connectivity index (χ4v) is 2.41. The summed E-state index contributed by atoms with van der Waals surface area (Å²) in [7, 11) is 0. The van der Waals surface area contributed by atoms with Crippen LogP contribution in [0.15, 0.2) is 0 Å². The molecule has 1 aliphatic heterocycles. The van der Waals surface area contributed by atoms with E-state index in [1.165, 1.54) is 0 Å². The third kappa shape index (κ3) is 4.62. The molecule has 15 heavy (non-hydrogen) atoms. The molecule has 2 atom stereocenters. The van der Waals surface area contributed by atoms with Gasteiger partial charge >= 0.3 is 0 Å². The molecule has 1 amide bonds. The topological polar surface area (TPSA) is 32.3 Å². The first-order valence-corrected chi connectivity index (χ1v) is 6.55. The standard InChI is InChI=1S/C10H20N2OS.ClH/c1-8(7-14-3)10(13)12-5-4-11-9(2)6-12;/h8-9,11H,4-7H2,1-3H3;1H/t8?,9-;/m0./s1. The Balaban J connectivity index is 0.00000196. The second-order valence-electron chi connectivity index (χ2n) is 4.00. The molecule has 0 radical (unpaired) electrons. The Bertz CT molecular complexity index is 204. The van der Waals surface area contributed by atoms with Gasteiger partial charge in [-0.25, -0.2) is 0 Å². The molecular formula is C10H21ClN2OS. The lowest BCUT2D eigenvalue weighted by Gasteiger charge is -2.33. The minimum Gasteiger partial charge on any atom is -0.340 e. The lowest BCUT2D eigenvalue weighted by Crippen LogP contribution is -2.52. The number of rotatable bonds is 3. The molecule has 0 aromatic heterocycles. The number of carbonyl (C=O) groups excluding carboxylic acids is 1. The molecule has 0 saturated carbocycles. The van der Waals surface area contributed by atoms with E-state index < -0.39 is 0 Å². The minimum absolute atomic E-state index is 0. The summed E-state index contributed by atoms with van der Waals surface area (Å²) in [5.74, 6) is 1.40. The molecule has 90 valence electrons. The highest BCUT2D eigenvalue weighted by Gasteiger charge is 2.23. The quantitative estimate of drug-likeness (QED) is 0.820. The molecule has 1 aliphatic rings. The molecule has 1 N–H and O–H groups in total. The first-order valence-electron chi connectivity index (χ1n) is 5.16. The lowest BCUT2D eigenvalue weighted by atomic mass is 10.1. The Kier molecular flexibility index (Phi) is 7.40. The van der Waals surface area contributed by atoms with E-state index in [0.717, 1.165) is 25.4 Å². The number of halogens is 1. The van der Waals surface area contributed by atoms with Gasteiger partial charge in [0.05, 0.1) is 0 Å². The Morgan fingerprint density at radius 2 is 2.33 bits per heavy atom. The number of thioether (sulfide) groups is 1. The van der Waals surface area contributed by atoms with Crippen molar-refractivity contribution in [2.75, 3.05) is 31.6 Å². The van der Waals surface area contributed by atoms with Crippen LogP contribution in [0.5, 0.6) is 0 Å². The van der Waals surface area contributed by atoms with E-state index in [1.54, 1.807) is 11.8 Å². The maximum absolute atomic E-state index is 11.9. The van der Waals surface area contributed by atoms with Crippen molar-refractivity contribution in [3.63, 3.8) is 0 Å². The zero-order valence-electron chi connectivity index (χ0n) is 9.66. The third-order valence-corrected chi connectivity index (χ3v) is 3.35. The van der Waals surface area contributed by atoms with Gasteiger partial charge in [-0.3, -0.25) is 4.79 Å². The van der Waals surface area contributed by atoms with Crippen LogP contribution in [0.1, 0.15) is 13.8 Å². The predicted octanol–water partition coefficient (Wildman–Crippen LogP) is 1.23. The number of nitrogens with zero attached hydrogens (tertiary/aromatic N) is 1. The van der Waals surface area contributed by atoms with Gasteiger partial charge in [0.1, 0.15) is 0 Å². The molecule has 1 fully saturated rings. The molecular weight excluding hydrogens is 232 g/mol. The SMILES string of the molecule is CSCC(C)C(=O)N1CCN[C@@H](C)C1.Cl. The number of piperazine rings is 1. The van der Waals surface area contributed by atoms with E-state index in [0.29, 0.717) is 11.9 Å².